The quantitative estimate of drug-likeness (QED) is 0.517. The van der Waals surface area contributed by atoms with E-state index in [0.717, 1.165) is 58.2 Å². The Bertz CT molecular complexity index is 1270. The molecule has 1 saturated heterocycles. The van der Waals surface area contributed by atoms with Crippen molar-refractivity contribution in [2.45, 2.75) is 50.0 Å². The average Bonchev–Trinajstić information content (AvgIpc) is 3.23. The average molecular weight is 541 g/mol. The lowest BCUT2D eigenvalue weighted by Gasteiger charge is -2.30. The maximum atomic E-state index is 13.3. The molecule has 2 aromatic carbocycles. The van der Waals surface area contributed by atoms with Gasteiger partial charge < -0.3 is 10.1 Å². The van der Waals surface area contributed by atoms with Crippen LogP contribution >= 0.6 is 0 Å². The Hall–Kier alpha value is -2.95. The van der Waals surface area contributed by atoms with Gasteiger partial charge >= 0.3 is 0 Å². The van der Waals surface area contributed by atoms with Crippen molar-refractivity contribution < 1.29 is 22.7 Å². The second kappa shape index (κ2) is 11.8. The fourth-order valence-corrected chi connectivity index (χ4v) is 6.96. The highest BCUT2D eigenvalue weighted by Crippen LogP contribution is 2.35. The number of benzene rings is 2. The lowest BCUT2D eigenvalue weighted by molar-refractivity contribution is -0.125. The third-order valence-corrected chi connectivity index (χ3v) is 9.46. The van der Waals surface area contributed by atoms with Crippen molar-refractivity contribution in [1.29, 1.82) is 0 Å². The van der Waals surface area contributed by atoms with E-state index >= 15 is 0 Å². The molecule has 0 atom stereocenters. The first-order valence-electron chi connectivity index (χ1n) is 13.5. The number of sulfonamides is 1. The van der Waals surface area contributed by atoms with E-state index in [2.05, 4.69) is 34.5 Å². The molecule has 3 aliphatic rings. The number of ether oxygens (including phenoxy) is 1. The third-order valence-electron chi connectivity index (χ3n) is 7.56. The van der Waals surface area contributed by atoms with Crippen molar-refractivity contribution in [1.82, 2.24) is 14.5 Å². The molecule has 38 heavy (non-hydrogen) atoms. The minimum Gasteiger partial charge on any atom is -0.482 e. The van der Waals surface area contributed by atoms with E-state index in [1.165, 1.54) is 32.5 Å². The third kappa shape index (κ3) is 6.03. The highest BCUT2D eigenvalue weighted by Gasteiger charge is 2.31. The molecule has 0 saturated carbocycles. The van der Waals surface area contributed by atoms with Gasteiger partial charge in [0.05, 0.1) is 10.6 Å². The van der Waals surface area contributed by atoms with E-state index in [4.69, 9.17) is 4.74 Å². The van der Waals surface area contributed by atoms with E-state index in [1.807, 2.05) is 0 Å². The van der Waals surface area contributed by atoms with Crippen molar-refractivity contribution >= 4 is 27.5 Å². The molecule has 9 nitrogen and oxygen atoms in total. The zero-order chi connectivity index (χ0) is 26.5. The second-order valence-corrected chi connectivity index (χ2v) is 12.2. The van der Waals surface area contributed by atoms with Crippen LogP contribution in [0, 0.1) is 0 Å². The van der Waals surface area contributed by atoms with Crippen LogP contribution in [0.3, 0.4) is 0 Å². The van der Waals surface area contributed by atoms with Gasteiger partial charge in [0.2, 0.25) is 15.9 Å². The molecule has 1 N–H and O–H groups in total. The molecule has 1 fully saturated rings. The molecule has 5 rings (SSSR count). The number of carbonyl (C=O) groups is 2. The monoisotopic (exact) mass is 540 g/mol. The fourth-order valence-electron chi connectivity index (χ4n) is 5.42. The number of fused-ring (bicyclic) bond motifs is 2. The summed E-state index contributed by atoms with van der Waals surface area (Å²) in [5, 5.41) is 2.92. The fraction of sp³-hybridized carbons (Fsp3) is 0.500. The molecule has 0 radical (unpaired) electrons. The topological polar surface area (TPSA) is 99.3 Å². The lowest BCUT2D eigenvalue weighted by Crippen LogP contribution is -2.45. The molecular weight excluding hydrogens is 504 g/mol. The molecule has 204 valence electrons. The summed E-state index contributed by atoms with van der Waals surface area (Å²) in [6.45, 7) is 3.93. The number of rotatable bonds is 8. The first-order chi connectivity index (χ1) is 18.4. The van der Waals surface area contributed by atoms with Crippen molar-refractivity contribution in [2.75, 3.05) is 50.8 Å². The molecular formula is C28H36N4O5S. The number of anilines is 1. The van der Waals surface area contributed by atoms with Crippen LogP contribution in [-0.4, -0.2) is 75.3 Å². The Morgan fingerprint density at radius 3 is 2.53 bits per heavy atom. The Kier molecular flexibility index (Phi) is 8.30. The molecule has 0 spiro atoms. The maximum Gasteiger partial charge on any atom is 0.265 e. The Balaban J connectivity index is 1.18. The van der Waals surface area contributed by atoms with Gasteiger partial charge in [-0.2, -0.15) is 4.31 Å². The lowest BCUT2D eigenvalue weighted by atomic mass is 10.00. The summed E-state index contributed by atoms with van der Waals surface area (Å²) in [6.07, 6.45) is 5.56. The molecule has 0 aliphatic carbocycles. The zero-order valence-corrected chi connectivity index (χ0v) is 22.5. The molecule has 2 aromatic rings. The van der Waals surface area contributed by atoms with Crippen molar-refractivity contribution in [2.24, 2.45) is 0 Å². The minimum atomic E-state index is -3.70. The van der Waals surface area contributed by atoms with Crippen LogP contribution in [0.25, 0.3) is 0 Å². The molecule has 2 amide bonds. The smallest absolute Gasteiger partial charge is 0.265 e. The van der Waals surface area contributed by atoms with Crippen LogP contribution in [0.15, 0.2) is 47.4 Å². The minimum absolute atomic E-state index is 0.116. The van der Waals surface area contributed by atoms with Gasteiger partial charge in [-0.3, -0.25) is 19.4 Å². The van der Waals surface area contributed by atoms with E-state index in [-0.39, 0.29) is 29.9 Å². The van der Waals surface area contributed by atoms with Gasteiger partial charge in [0, 0.05) is 39.3 Å². The number of amides is 2. The highest BCUT2D eigenvalue weighted by atomic mass is 32.2. The Morgan fingerprint density at radius 1 is 0.974 bits per heavy atom. The van der Waals surface area contributed by atoms with Crippen molar-refractivity contribution in [3.63, 3.8) is 0 Å². The normalized spacial score (nSPS) is 18.7. The van der Waals surface area contributed by atoms with Crippen molar-refractivity contribution in [3.8, 4) is 5.75 Å². The van der Waals surface area contributed by atoms with Gasteiger partial charge in [-0.25, -0.2) is 8.42 Å². The number of nitrogens with one attached hydrogen (secondary N) is 1. The Morgan fingerprint density at radius 2 is 1.74 bits per heavy atom. The molecule has 3 aliphatic heterocycles. The van der Waals surface area contributed by atoms with Crippen LogP contribution in [0.5, 0.6) is 5.75 Å². The Labute approximate surface area is 224 Å². The molecule has 0 unspecified atom stereocenters. The van der Waals surface area contributed by atoms with Gasteiger partial charge in [0.1, 0.15) is 12.3 Å². The van der Waals surface area contributed by atoms with Crippen LogP contribution in [0.4, 0.5) is 5.69 Å². The summed E-state index contributed by atoms with van der Waals surface area (Å²) in [5.41, 5.74) is 3.10. The standard InChI is InChI=1S/C28H36N4O5S/c33-27(29-13-7-14-30-17-12-22-8-3-4-9-23(22)19-30)20-32-25-18-24(10-11-26(25)37-21-28(32)34)38(35,36)31-15-5-1-2-6-16-31/h3-4,8-11,18H,1-2,5-7,12-17,19-21H2,(H,29,33). The highest BCUT2D eigenvalue weighted by molar-refractivity contribution is 7.89. The van der Waals surface area contributed by atoms with E-state index < -0.39 is 10.0 Å². The van der Waals surface area contributed by atoms with Gasteiger partial charge in [0.15, 0.2) is 6.61 Å². The van der Waals surface area contributed by atoms with Gasteiger partial charge in [0.25, 0.3) is 5.91 Å². The van der Waals surface area contributed by atoms with Crippen molar-refractivity contribution in [3.05, 3.63) is 53.6 Å². The van der Waals surface area contributed by atoms with Gasteiger partial charge in [-0.1, -0.05) is 37.1 Å². The largest absolute Gasteiger partial charge is 0.482 e. The van der Waals surface area contributed by atoms with Gasteiger partial charge in [-0.05, 0) is 55.0 Å². The zero-order valence-electron chi connectivity index (χ0n) is 21.7. The van der Waals surface area contributed by atoms with Crippen LogP contribution in [0.2, 0.25) is 0 Å². The predicted octanol–water partition coefficient (Wildman–Crippen LogP) is 2.54. The van der Waals surface area contributed by atoms with E-state index in [0.29, 0.717) is 31.1 Å². The summed E-state index contributed by atoms with van der Waals surface area (Å²) in [5.74, 6) is -0.252. The molecule has 10 heteroatoms. The number of carbonyl (C=O) groups excluding carboxylic acids is 2. The summed E-state index contributed by atoms with van der Waals surface area (Å²) in [6, 6.07) is 13.1. The van der Waals surface area contributed by atoms with E-state index in [1.54, 1.807) is 6.07 Å². The summed E-state index contributed by atoms with van der Waals surface area (Å²) in [7, 11) is -3.70. The SMILES string of the molecule is O=C(CN1C(=O)COc2ccc(S(=O)(=O)N3CCCCCC3)cc21)NCCCN1CCc2ccccc2C1. The van der Waals surface area contributed by atoms with E-state index in [9.17, 15) is 18.0 Å². The summed E-state index contributed by atoms with van der Waals surface area (Å²) >= 11 is 0. The number of hydrogen-bond donors (Lipinski definition) is 1. The predicted molar refractivity (Wildman–Crippen MR) is 145 cm³/mol. The first-order valence-corrected chi connectivity index (χ1v) is 15.0. The van der Waals surface area contributed by atoms with Crippen LogP contribution < -0.4 is 15.0 Å². The molecule has 0 bridgehead atoms. The first kappa shape index (κ1) is 26.6. The summed E-state index contributed by atoms with van der Waals surface area (Å²) < 4.78 is 33.7. The number of hydrogen-bond acceptors (Lipinski definition) is 6. The maximum absolute atomic E-state index is 13.3. The number of nitrogens with zero attached hydrogens (tertiary/aromatic N) is 3. The second-order valence-electron chi connectivity index (χ2n) is 10.2. The van der Waals surface area contributed by atoms with Gasteiger partial charge in [-0.15, -0.1) is 0 Å². The molecule has 0 aromatic heterocycles. The van der Waals surface area contributed by atoms with Crippen LogP contribution in [-0.2, 0) is 32.6 Å². The summed E-state index contributed by atoms with van der Waals surface area (Å²) in [4.78, 5) is 29.3. The van der Waals surface area contributed by atoms with Crippen LogP contribution in [0.1, 0.15) is 43.2 Å². The molecule has 3 heterocycles.